The van der Waals surface area contributed by atoms with Crippen LogP contribution in [-0.2, 0) is 9.59 Å². The third kappa shape index (κ3) is 1.91. The number of Topliss-reactive ketones (excluding diaryl/α,β-unsaturated/α-hetero) is 3. The molecule has 0 aromatic carbocycles. The van der Waals surface area contributed by atoms with E-state index < -0.39 is 17.5 Å². The van der Waals surface area contributed by atoms with Crippen LogP contribution in [-0.4, -0.2) is 22.3 Å². The maximum Gasteiger partial charge on any atom is 0.209 e. The molecular weight excluding hydrogens is 206 g/mol. The quantitative estimate of drug-likeness (QED) is 0.424. The molecule has 1 fully saturated rings. The van der Waals surface area contributed by atoms with Gasteiger partial charge in [0.05, 0.1) is 5.92 Å². The lowest BCUT2D eigenvalue weighted by molar-refractivity contribution is -0.139. The number of pyridine rings is 1. The Morgan fingerprint density at radius 3 is 2.88 bits per heavy atom. The van der Waals surface area contributed by atoms with Gasteiger partial charge in [-0.1, -0.05) is 0 Å². The van der Waals surface area contributed by atoms with Gasteiger partial charge in [0.25, 0.3) is 0 Å². The number of hydrogen-bond donors (Lipinski definition) is 0. The Hall–Kier alpha value is -1.84. The van der Waals surface area contributed by atoms with Gasteiger partial charge in [0.1, 0.15) is 0 Å². The molecule has 0 aliphatic heterocycles. The van der Waals surface area contributed by atoms with Gasteiger partial charge in [0, 0.05) is 24.4 Å². The Balaban J connectivity index is 2.22. The Labute approximate surface area is 92.7 Å². The highest BCUT2D eigenvalue weighted by Gasteiger charge is 2.34. The van der Waals surface area contributed by atoms with E-state index >= 15 is 0 Å². The van der Waals surface area contributed by atoms with Crippen molar-refractivity contribution in [3.8, 4) is 0 Å². The fourth-order valence-electron chi connectivity index (χ4n) is 1.88. The molecule has 2 rings (SSSR count). The van der Waals surface area contributed by atoms with Crippen LogP contribution in [0.1, 0.15) is 29.6 Å². The van der Waals surface area contributed by atoms with Gasteiger partial charge in [-0.2, -0.15) is 0 Å². The highest BCUT2D eigenvalue weighted by atomic mass is 16.2. The molecule has 16 heavy (non-hydrogen) atoms. The summed E-state index contributed by atoms with van der Waals surface area (Å²) in [6.45, 7) is 0. The van der Waals surface area contributed by atoms with Crippen molar-refractivity contribution >= 4 is 17.3 Å². The fraction of sp³-hybridized carbons (Fsp3) is 0.333. The predicted octanol–water partition coefficient (Wildman–Crippen LogP) is 1.20. The highest BCUT2D eigenvalue weighted by molar-refractivity contribution is 6.42. The third-order valence-electron chi connectivity index (χ3n) is 2.75. The molecule has 1 unspecified atom stereocenters. The maximum absolute atomic E-state index is 11.9. The molecule has 0 saturated heterocycles. The second-order valence-corrected chi connectivity index (χ2v) is 3.84. The Morgan fingerprint density at radius 1 is 1.38 bits per heavy atom. The molecule has 1 aromatic heterocycles. The summed E-state index contributed by atoms with van der Waals surface area (Å²) in [5.41, 5.74) is 0.399. The van der Waals surface area contributed by atoms with Gasteiger partial charge >= 0.3 is 0 Å². The number of carbonyl (C=O) groups is 3. The monoisotopic (exact) mass is 217 g/mol. The molecule has 1 aliphatic rings. The van der Waals surface area contributed by atoms with E-state index in [1.165, 1.54) is 6.20 Å². The summed E-state index contributed by atoms with van der Waals surface area (Å²) in [7, 11) is 0. The van der Waals surface area contributed by atoms with Crippen LogP contribution in [0.25, 0.3) is 0 Å². The Bertz CT molecular complexity index is 439. The van der Waals surface area contributed by atoms with Gasteiger partial charge in [0.2, 0.25) is 5.78 Å². The zero-order valence-electron chi connectivity index (χ0n) is 8.68. The van der Waals surface area contributed by atoms with E-state index in [-0.39, 0.29) is 12.2 Å². The van der Waals surface area contributed by atoms with Gasteiger partial charge in [0.15, 0.2) is 11.6 Å². The molecule has 1 saturated carbocycles. The number of hydrogen-bond acceptors (Lipinski definition) is 4. The molecule has 0 radical (unpaired) electrons. The molecular formula is C12H11NO3. The Kier molecular flexibility index (Phi) is 2.90. The van der Waals surface area contributed by atoms with Gasteiger partial charge in [-0.15, -0.1) is 0 Å². The van der Waals surface area contributed by atoms with Crippen LogP contribution in [0.5, 0.6) is 0 Å². The summed E-state index contributed by atoms with van der Waals surface area (Å²) in [6.07, 6.45) is 4.34. The van der Waals surface area contributed by atoms with E-state index in [1.54, 1.807) is 18.3 Å². The lowest BCUT2D eigenvalue weighted by Crippen LogP contribution is -2.34. The average Bonchev–Trinajstić information content (AvgIpc) is 2.33. The zero-order valence-corrected chi connectivity index (χ0v) is 8.68. The molecule has 0 N–H and O–H groups in total. The highest BCUT2D eigenvalue weighted by Crippen LogP contribution is 2.22. The van der Waals surface area contributed by atoms with Crippen molar-refractivity contribution in [2.24, 2.45) is 5.92 Å². The second-order valence-electron chi connectivity index (χ2n) is 3.84. The molecule has 1 atom stereocenters. The summed E-state index contributed by atoms with van der Waals surface area (Å²) in [5.74, 6) is -2.04. The maximum atomic E-state index is 11.9. The predicted molar refractivity (Wildman–Crippen MR) is 55.9 cm³/mol. The van der Waals surface area contributed by atoms with E-state index in [4.69, 9.17) is 0 Å². The molecule has 1 aromatic rings. The number of carbonyl (C=O) groups excluding carboxylic acids is 3. The number of aromatic nitrogens is 1. The van der Waals surface area contributed by atoms with Crippen molar-refractivity contribution in [3.63, 3.8) is 0 Å². The molecule has 4 heteroatoms. The van der Waals surface area contributed by atoms with Crippen LogP contribution in [0, 0.1) is 5.92 Å². The van der Waals surface area contributed by atoms with Crippen LogP contribution >= 0.6 is 0 Å². The summed E-state index contributed by atoms with van der Waals surface area (Å²) in [6, 6.07) is 3.25. The van der Waals surface area contributed by atoms with Crippen molar-refractivity contribution in [2.45, 2.75) is 19.3 Å². The molecule has 0 spiro atoms. The van der Waals surface area contributed by atoms with E-state index in [0.29, 0.717) is 18.4 Å². The number of nitrogens with zero attached hydrogens (tertiary/aromatic N) is 1. The van der Waals surface area contributed by atoms with E-state index in [2.05, 4.69) is 4.98 Å². The van der Waals surface area contributed by atoms with Crippen molar-refractivity contribution < 1.29 is 14.4 Å². The van der Waals surface area contributed by atoms with Gasteiger partial charge in [-0.25, -0.2) is 0 Å². The summed E-state index contributed by atoms with van der Waals surface area (Å²) < 4.78 is 0. The molecule has 4 nitrogen and oxygen atoms in total. The van der Waals surface area contributed by atoms with Gasteiger partial charge in [-0.3, -0.25) is 19.4 Å². The van der Waals surface area contributed by atoms with E-state index in [9.17, 15) is 14.4 Å². The minimum Gasteiger partial charge on any atom is -0.293 e. The zero-order chi connectivity index (χ0) is 11.5. The first-order valence-electron chi connectivity index (χ1n) is 5.21. The first-order chi connectivity index (χ1) is 7.70. The van der Waals surface area contributed by atoms with Crippen molar-refractivity contribution in [1.82, 2.24) is 4.98 Å². The molecule has 1 heterocycles. The smallest absolute Gasteiger partial charge is 0.209 e. The van der Waals surface area contributed by atoms with Crippen LogP contribution in [0.3, 0.4) is 0 Å². The van der Waals surface area contributed by atoms with E-state index in [0.717, 1.165) is 0 Å². The normalized spacial score (nSPS) is 20.9. The SMILES string of the molecule is O=C1CCCC(C(=O)c2cccnc2)C1=O. The lowest BCUT2D eigenvalue weighted by atomic mass is 9.82. The van der Waals surface area contributed by atoms with Gasteiger partial charge in [-0.05, 0) is 25.0 Å². The average molecular weight is 217 g/mol. The Morgan fingerprint density at radius 2 is 2.19 bits per heavy atom. The standard InChI is InChI=1S/C12H11NO3/c14-10-5-1-4-9(12(10)16)11(15)8-3-2-6-13-7-8/h2-3,6-7,9H,1,4-5H2. The van der Waals surface area contributed by atoms with Crippen LogP contribution in [0.4, 0.5) is 0 Å². The summed E-state index contributed by atoms with van der Waals surface area (Å²) in [4.78, 5) is 38.5. The first-order valence-corrected chi connectivity index (χ1v) is 5.21. The fourth-order valence-corrected chi connectivity index (χ4v) is 1.88. The minimum absolute atomic E-state index is 0.273. The molecule has 1 aliphatic carbocycles. The molecule has 0 amide bonds. The van der Waals surface area contributed by atoms with Crippen LogP contribution < -0.4 is 0 Å². The number of ketones is 3. The van der Waals surface area contributed by atoms with Gasteiger partial charge < -0.3 is 0 Å². The van der Waals surface area contributed by atoms with E-state index in [1.807, 2.05) is 0 Å². The lowest BCUT2D eigenvalue weighted by Gasteiger charge is -2.17. The molecule has 0 bridgehead atoms. The van der Waals surface area contributed by atoms with Crippen molar-refractivity contribution in [2.75, 3.05) is 0 Å². The molecule has 82 valence electrons. The van der Waals surface area contributed by atoms with Crippen LogP contribution in [0.2, 0.25) is 0 Å². The summed E-state index contributed by atoms with van der Waals surface area (Å²) >= 11 is 0. The largest absolute Gasteiger partial charge is 0.293 e. The number of rotatable bonds is 2. The van der Waals surface area contributed by atoms with Crippen molar-refractivity contribution in [3.05, 3.63) is 30.1 Å². The topological polar surface area (TPSA) is 64.1 Å². The third-order valence-corrected chi connectivity index (χ3v) is 2.75. The first kappa shape index (κ1) is 10.7. The minimum atomic E-state index is -0.787. The van der Waals surface area contributed by atoms with Crippen molar-refractivity contribution in [1.29, 1.82) is 0 Å². The van der Waals surface area contributed by atoms with Crippen LogP contribution in [0.15, 0.2) is 24.5 Å². The second kappa shape index (κ2) is 4.35. The summed E-state index contributed by atoms with van der Waals surface area (Å²) in [5, 5.41) is 0.